The molecule has 0 spiro atoms. The highest BCUT2D eigenvalue weighted by Gasteiger charge is 3.03. The van der Waals surface area contributed by atoms with Gasteiger partial charge in [-0.25, -0.2) is 9.97 Å². The summed E-state index contributed by atoms with van der Waals surface area (Å²) in [5.74, 6) is 7.12. The summed E-state index contributed by atoms with van der Waals surface area (Å²) in [4.78, 5) is 49.5. The van der Waals surface area contributed by atoms with Gasteiger partial charge in [0.2, 0.25) is 11.8 Å². The Balaban J connectivity index is 0.928. The van der Waals surface area contributed by atoms with Gasteiger partial charge in [0.25, 0.3) is 0 Å². The van der Waals surface area contributed by atoms with Crippen LogP contribution in [-0.2, 0) is 16.1 Å². The van der Waals surface area contributed by atoms with Crippen LogP contribution in [0.1, 0.15) is 36.1 Å². The molecule has 1 aliphatic heterocycles. The van der Waals surface area contributed by atoms with Gasteiger partial charge in [-0.2, -0.15) is 5.10 Å². The van der Waals surface area contributed by atoms with Crippen molar-refractivity contribution in [2.75, 3.05) is 13.1 Å². The van der Waals surface area contributed by atoms with Crippen LogP contribution in [-0.4, -0.2) is 61.4 Å². The number of hydrogen-bond donors (Lipinski definition) is 1. The van der Waals surface area contributed by atoms with E-state index in [1.807, 2.05) is 25.1 Å². The van der Waals surface area contributed by atoms with Crippen LogP contribution < -0.4 is 5.32 Å². The summed E-state index contributed by atoms with van der Waals surface area (Å²) in [6.45, 7) is 4.68. The fraction of sp³-hybridized carbons (Fsp3) is 0.533. The Morgan fingerprint density at radius 1 is 1.03 bits per heavy atom. The normalized spacial score (nSPS) is 37.2. The van der Waals surface area contributed by atoms with Crippen molar-refractivity contribution in [3.63, 3.8) is 0 Å². The predicted molar refractivity (Wildman–Crippen MR) is 140 cm³/mol. The lowest BCUT2D eigenvalue weighted by Crippen LogP contribution is -3.06. The maximum Gasteiger partial charge on any atom is 0.245 e. The SMILES string of the molecule is CC(=O)c1nn(CC(=O)N2CCC[C@H]2C(=O)NCC23C4C5C6C4C2C6C53)c2ccc(-c3cnc(C)nc3)cc12. The van der Waals surface area contributed by atoms with Crippen LogP contribution >= 0.6 is 0 Å². The molecule has 10 rings (SSSR count). The Bertz CT molecular complexity index is 1570. The predicted octanol–water partition coefficient (Wildman–Crippen LogP) is 2.48. The molecule has 3 aromatic rings. The van der Waals surface area contributed by atoms with Crippen LogP contribution in [0.4, 0.5) is 0 Å². The zero-order valence-corrected chi connectivity index (χ0v) is 22.0. The van der Waals surface area contributed by atoms with Crippen molar-refractivity contribution in [1.82, 2.24) is 30.0 Å². The minimum Gasteiger partial charge on any atom is -0.354 e. The second kappa shape index (κ2) is 7.11. The molecule has 2 aromatic heterocycles. The number of nitrogens with zero attached hydrogens (tertiary/aromatic N) is 5. The van der Waals surface area contributed by atoms with E-state index < -0.39 is 6.04 Å². The summed E-state index contributed by atoms with van der Waals surface area (Å²) in [5.41, 5.74) is 3.20. The molecule has 1 aromatic carbocycles. The fourth-order valence-electron chi connectivity index (χ4n) is 10.2. The van der Waals surface area contributed by atoms with E-state index in [0.29, 0.717) is 40.8 Å². The van der Waals surface area contributed by atoms with Gasteiger partial charge in [-0.1, -0.05) is 6.07 Å². The number of amides is 2. The van der Waals surface area contributed by atoms with Crippen LogP contribution in [0, 0.1) is 53.8 Å². The summed E-state index contributed by atoms with van der Waals surface area (Å²) >= 11 is 0. The lowest BCUT2D eigenvalue weighted by Gasteiger charge is -3.08. The van der Waals surface area contributed by atoms with Crippen molar-refractivity contribution in [2.24, 2.45) is 46.8 Å². The van der Waals surface area contributed by atoms with E-state index in [0.717, 1.165) is 65.5 Å². The third-order valence-electron chi connectivity index (χ3n) is 11.6. The Hall–Kier alpha value is -3.62. The number of aromatic nitrogens is 4. The molecule has 6 aliphatic carbocycles. The van der Waals surface area contributed by atoms with Crippen LogP contribution in [0.3, 0.4) is 0 Å². The summed E-state index contributed by atoms with van der Waals surface area (Å²) in [5, 5.41) is 8.50. The molecule has 2 amide bonds. The number of fused-ring (bicyclic) bond motifs is 1. The van der Waals surface area contributed by atoms with E-state index in [2.05, 4.69) is 20.4 Å². The van der Waals surface area contributed by atoms with Gasteiger partial charge in [0, 0.05) is 43.4 Å². The van der Waals surface area contributed by atoms with E-state index in [4.69, 9.17) is 0 Å². The fourth-order valence-corrected chi connectivity index (χ4v) is 10.2. The molecule has 7 fully saturated rings. The van der Waals surface area contributed by atoms with Crippen molar-refractivity contribution >= 4 is 28.5 Å². The summed E-state index contributed by atoms with van der Waals surface area (Å²) < 4.78 is 1.60. The quantitative estimate of drug-likeness (QED) is 0.478. The van der Waals surface area contributed by atoms with Gasteiger partial charge in [-0.3, -0.25) is 19.1 Å². The van der Waals surface area contributed by atoms with Crippen LogP contribution in [0.5, 0.6) is 0 Å². The second-order valence-corrected chi connectivity index (χ2v) is 12.8. The molecule has 198 valence electrons. The van der Waals surface area contributed by atoms with E-state index >= 15 is 0 Å². The third kappa shape index (κ3) is 2.45. The summed E-state index contributed by atoms with van der Waals surface area (Å²) in [6, 6.07) is 5.30. The van der Waals surface area contributed by atoms with Crippen molar-refractivity contribution in [3.05, 3.63) is 42.1 Å². The number of rotatable bonds is 7. The number of benzene rings is 1. The lowest BCUT2D eigenvalue weighted by atomic mass is 8.96. The van der Waals surface area contributed by atoms with Gasteiger partial charge in [0.15, 0.2) is 5.78 Å². The second-order valence-electron chi connectivity index (χ2n) is 12.8. The van der Waals surface area contributed by atoms with Gasteiger partial charge >= 0.3 is 0 Å². The average molecular weight is 523 g/mol. The zero-order chi connectivity index (χ0) is 26.4. The average Bonchev–Trinajstić information content (AvgIpc) is 3.58. The minimum atomic E-state index is -0.424. The Labute approximate surface area is 225 Å². The number of likely N-dealkylation sites (tertiary alicyclic amines) is 1. The summed E-state index contributed by atoms with van der Waals surface area (Å²) in [7, 11) is 0. The molecule has 1 saturated heterocycles. The molecule has 3 heterocycles. The summed E-state index contributed by atoms with van der Waals surface area (Å²) in [6.07, 6.45) is 5.02. The number of Topliss-reactive ketones (excluding diaryl/α,β-unsaturated/α-hetero) is 1. The largest absolute Gasteiger partial charge is 0.354 e. The molecule has 39 heavy (non-hydrogen) atoms. The van der Waals surface area contributed by atoms with Crippen LogP contribution in [0.25, 0.3) is 22.0 Å². The molecule has 0 unspecified atom stereocenters. The lowest BCUT2D eigenvalue weighted by molar-refractivity contribution is -0.612. The highest BCUT2D eigenvalue weighted by Crippen LogP contribution is 3.05. The number of carbonyl (C=O) groups excluding carboxylic acids is 3. The molecule has 1 N–H and O–H groups in total. The van der Waals surface area contributed by atoms with Crippen molar-refractivity contribution in [2.45, 2.75) is 39.3 Å². The molecule has 7 aliphatic rings. The monoisotopic (exact) mass is 522 g/mol. The van der Waals surface area contributed by atoms with Gasteiger partial charge in [0.1, 0.15) is 24.1 Å². The molecule has 0 bridgehead atoms. The van der Waals surface area contributed by atoms with Gasteiger partial charge < -0.3 is 10.2 Å². The van der Waals surface area contributed by atoms with E-state index in [9.17, 15) is 14.4 Å². The zero-order valence-electron chi connectivity index (χ0n) is 22.0. The molecule has 9 heteroatoms. The van der Waals surface area contributed by atoms with Crippen LogP contribution in [0.15, 0.2) is 30.6 Å². The van der Waals surface area contributed by atoms with E-state index in [1.54, 1.807) is 22.0 Å². The highest BCUT2D eigenvalue weighted by atomic mass is 16.2. The molecule has 1 atom stereocenters. The standard InChI is InChI=1S/C30H30N6O3/c1-13(37)28-17-8-15(16-9-31-14(2)32-10-16)5-6-18(17)36(34-28)11-20(38)35-7-3-4-19(35)29(39)33-12-30-25-22-21-23(25)27(30)24(21)26(22)30/h5-6,8-10,19,21-27H,3-4,7,11-12H2,1-2H3,(H,33,39)/t19-,21?,22?,23?,24?,25?,26?,27?,30?/m0/s1. The first-order valence-corrected chi connectivity index (χ1v) is 14.3. The molecular weight excluding hydrogens is 492 g/mol. The number of ketones is 1. The Morgan fingerprint density at radius 2 is 1.74 bits per heavy atom. The molecule has 6 saturated carbocycles. The highest BCUT2D eigenvalue weighted by molar-refractivity contribution is 6.06. The molecule has 9 nitrogen and oxygen atoms in total. The van der Waals surface area contributed by atoms with Crippen LogP contribution in [0.2, 0.25) is 0 Å². The number of nitrogens with one attached hydrogen (secondary N) is 1. The molecule has 0 radical (unpaired) electrons. The third-order valence-corrected chi connectivity index (χ3v) is 11.6. The maximum absolute atomic E-state index is 13.5. The maximum atomic E-state index is 13.5. The molecular formula is C30H30N6O3. The van der Waals surface area contributed by atoms with Crippen molar-refractivity contribution < 1.29 is 14.4 Å². The van der Waals surface area contributed by atoms with Gasteiger partial charge in [-0.05, 0) is 84.3 Å². The van der Waals surface area contributed by atoms with E-state index in [1.165, 1.54) is 6.92 Å². The van der Waals surface area contributed by atoms with Gasteiger partial charge in [0.05, 0.1) is 5.52 Å². The number of carbonyl (C=O) groups is 3. The number of hydrogen-bond acceptors (Lipinski definition) is 6. The number of aryl methyl sites for hydroxylation is 1. The smallest absolute Gasteiger partial charge is 0.245 e. The first-order valence-electron chi connectivity index (χ1n) is 14.3. The van der Waals surface area contributed by atoms with Crippen molar-refractivity contribution in [1.29, 1.82) is 0 Å². The van der Waals surface area contributed by atoms with Crippen molar-refractivity contribution in [3.8, 4) is 11.1 Å². The first-order chi connectivity index (χ1) is 18.9. The van der Waals surface area contributed by atoms with E-state index in [-0.39, 0.29) is 24.1 Å². The topological polar surface area (TPSA) is 110 Å². The Kier molecular flexibility index (Phi) is 4.05. The van der Waals surface area contributed by atoms with Gasteiger partial charge in [-0.15, -0.1) is 0 Å². The Morgan fingerprint density at radius 3 is 2.44 bits per heavy atom. The minimum absolute atomic E-state index is 0.00534. The first kappa shape index (κ1) is 22.2.